The van der Waals surface area contributed by atoms with Crippen LogP contribution in [0.1, 0.15) is 40.7 Å². The minimum atomic E-state index is -0.120. The number of likely N-dealkylation sites (tertiary alicyclic amines) is 1. The molecule has 2 N–H and O–H groups in total. The molecule has 0 spiro atoms. The van der Waals surface area contributed by atoms with E-state index in [-0.39, 0.29) is 23.2 Å². The predicted molar refractivity (Wildman–Crippen MR) is 140 cm³/mol. The molecule has 3 aromatic carbocycles. The van der Waals surface area contributed by atoms with Crippen molar-refractivity contribution in [3.05, 3.63) is 89.5 Å². The zero-order chi connectivity index (χ0) is 24.4. The maximum absolute atomic E-state index is 13.7. The normalized spacial score (nSPS) is 14.0. The summed E-state index contributed by atoms with van der Waals surface area (Å²) in [5.41, 5.74) is 2.78. The van der Waals surface area contributed by atoms with Gasteiger partial charge in [0.05, 0.1) is 0 Å². The largest absolute Gasteiger partial charge is 0.508 e. The van der Waals surface area contributed by atoms with Crippen LogP contribution in [-0.2, 0) is 4.79 Å². The van der Waals surface area contributed by atoms with E-state index in [4.69, 9.17) is 0 Å². The van der Waals surface area contributed by atoms with E-state index >= 15 is 0 Å². The summed E-state index contributed by atoms with van der Waals surface area (Å²) in [6.07, 6.45) is 6.68. The molecular formula is C29H25NO4S. The van der Waals surface area contributed by atoms with E-state index in [9.17, 15) is 19.8 Å². The van der Waals surface area contributed by atoms with E-state index in [1.807, 2.05) is 17.0 Å². The highest BCUT2D eigenvalue weighted by Gasteiger charge is 2.22. The molecule has 1 aliphatic rings. The van der Waals surface area contributed by atoms with Crippen molar-refractivity contribution in [1.82, 2.24) is 4.90 Å². The molecule has 0 aliphatic carbocycles. The smallest absolute Gasteiger partial charge is 0.246 e. The lowest BCUT2D eigenvalue weighted by atomic mass is 9.97. The summed E-state index contributed by atoms with van der Waals surface area (Å²) in [5, 5.41) is 20.4. The zero-order valence-electron chi connectivity index (χ0n) is 19.1. The first-order valence-electron chi connectivity index (χ1n) is 11.7. The maximum atomic E-state index is 13.7. The van der Waals surface area contributed by atoms with Gasteiger partial charge in [-0.05, 0) is 78.9 Å². The van der Waals surface area contributed by atoms with Crippen molar-refractivity contribution < 1.29 is 19.8 Å². The fourth-order valence-electron chi connectivity index (χ4n) is 4.40. The zero-order valence-corrected chi connectivity index (χ0v) is 19.9. The molecule has 1 aliphatic heterocycles. The average Bonchev–Trinajstić information content (AvgIpc) is 3.26. The van der Waals surface area contributed by atoms with Crippen LogP contribution in [0.3, 0.4) is 0 Å². The number of piperidine rings is 1. The molecular weight excluding hydrogens is 458 g/mol. The molecule has 176 valence electrons. The number of benzene rings is 3. The monoisotopic (exact) mass is 483 g/mol. The lowest BCUT2D eigenvalue weighted by Crippen LogP contribution is -2.34. The van der Waals surface area contributed by atoms with Crippen LogP contribution < -0.4 is 0 Å². The summed E-state index contributed by atoms with van der Waals surface area (Å²) in [4.78, 5) is 28.7. The van der Waals surface area contributed by atoms with Crippen molar-refractivity contribution in [2.45, 2.75) is 19.3 Å². The number of hydrogen-bond acceptors (Lipinski definition) is 5. The standard InChI is InChI=1S/C29H25NO4S/c31-22-11-9-21(10-12-22)29-27(24-14-13-23(32)18-25(24)35-29)28(34)20-7-4-19(5-8-20)6-15-26(33)30-16-2-1-3-17-30/h4-15,18,31-32H,1-3,16-17H2/b15-6+. The Morgan fingerprint density at radius 1 is 0.829 bits per heavy atom. The van der Waals surface area contributed by atoms with Crippen molar-refractivity contribution in [3.8, 4) is 21.9 Å². The molecule has 6 heteroatoms. The fraction of sp³-hybridized carbons (Fsp3) is 0.172. The number of rotatable bonds is 5. The Morgan fingerprint density at radius 3 is 2.23 bits per heavy atom. The Balaban J connectivity index is 1.45. The van der Waals surface area contributed by atoms with Crippen molar-refractivity contribution in [3.63, 3.8) is 0 Å². The summed E-state index contributed by atoms with van der Waals surface area (Å²) in [6, 6.07) is 19.0. The molecule has 1 amide bonds. The maximum Gasteiger partial charge on any atom is 0.246 e. The molecule has 5 rings (SSSR count). The van der Waals surface area contributed by atoms with Crippen LogP contribution in [0.4, 0.5) is 0 Å². The van der Waals surface area contributed by atoms with Gasteiger partial charge in [-0.15, -0.1) is 11.3 Å². The van der Waals surface area contributed by atoms with Crippen LogP contribution in [0.5, 0.6) is 11.5 Å². The number of nitrogens with zero attached hydrogens (tertiary/aromatic N) is 1. The van der Waals surface area contributed by atoms with Gasteiger partial charge in [0.2, 0.25) is 5.91 Å². The van der Waals surface area contributed by atoms with E-state index in [1.54, 1.807) is 66.7 Å². The first-order chi connectivity index (χ1) is 17.0. The highest BCUT2D eigenvalue weighted by atomic mass is 32.1. The predicted octanol–water partition coefficient (Wildman–Crippen LogP) is 6.24. The van der Waals surface area contributed by atoms with Crippen molar-refractivity contribution in [1.29, 1.82) is 0 Å². The van der Waals surface area contributed by atoms with Crippen LogP contribution >= 0.6 is 11.3 Å². The molecule has 0 unspecified atom stereocenters. The number of phenolic OH excluding ortho intramolecular Hbond substituents is 2. The van der Waals surface area contributed by atoms with Gasteiger partial charge in [0.1, 0.15) is 11.5 Å². The van der Waals surface area contributed by atoms with Gasteiger partial charge in [0.25, 0.3) is 0 Å². The van der Waals surface area contributed by atoms with Crippen LogP contribution in [0, 0.1) is 0 Å². The molecule has 4 aromatic rings. The van der Waals surface area contributed by atoms with Crippen molar-refractivity contribution in [2.75, 3.05) is 13.1 Å². The van der Waals surface area contributed by atoms with Crippen molar-refractivity contribution >= 4 is 39.2 Å². The number of carbonyl (C=O) groups is 2. The summed E-state index contributed by atoms with van der Waals surface area (Å²) >= 11 is 1.43. The Labute approximate surface area is 207 Å². The Kier molecular flexibility index (Phi) is 6.38. The molecule has 1 fully saturated rings. The molecule has 5 nitrogen and oxygen atoms in total. The van der Waals surface area contributed by atoms with E-state index in [2.05, 4.69) is 0 Å². The van der Waals surface area contributed by atoms with Gasteiger partial charge in [-0.2, -0.15) is 0 Å². The van der Waals surface area contributed by atoms with E-state index in [0.717, 1.165) is 52.0 Å². The van der Waals surface area contributed by atoms with Crippen LogP contribution in [0.15, 0.2) is 72.8 Å². The molecule has 1 saturated heterocycles. The van der Waals surface area contributed by atoms with Gasteiger partial charge >= 0.3 is 0 Å². The lowest BCUT2D eigenvalue weighted by Gasteiger charge is -2.25. The second kappa shape index (κ2) is 9.76. The number of phenols is 2. The second-order valence-corrected chi connectivity index (χ2v) is 9.76. The van der Waals surface area contributed by atoms with Gasteiger partial charge in [0, 0.05) is 45.3 Å². The van der Waals surface area contributed by atoms with Crippen LogP contribution in [0.2, 0.25) is 0 Å². The van der Waals surface area contributed by atoms with E-state index in [0.29, 0.717) is 11.1 Å². The highest BCUT2D eigenvalue weighted by Crippen LogP contribution is 2.41. The number of thiophene rings is 1. The molecule has 0 radical (unpaired) electrons. The summed E-state index contributed by atoms with van der Waals surface area (Å²) in [5.74, 6) is 0.203. The first-order valence-corrected chi connectivity index (χ1v) is 12.5. The van der Waals surface area contributed by atoms with Gasteiger partial charge in [-0.3, -0.25) is 9.59 Å². The summed E-state index contributed by atoms with van der Waals surface area (Å²) in [6.45, 7) is 1.62. The number of hydrogen-bond donors (Lipinski definition) is 2. The number of amides is 1. The molecule has 0 saturated carbocycles. The Morgan fingerprint density at radius 2 is 1.51 bits per heavy atom. The number of carbonyl (C=O) groups excluding carboxylic acids is 2. The summed E-state index contributed by atoms with van der Waals surface area (Å²) in [7, 11) is 0. The van der Waals surface area contributed by atoms with E-state index in [1.165, 1.54) is 17.8 Å². The minimum absolute atomic E-state index is 0.0244. The average molecular weight is 484 g/mol. The minimum Gasteiger partial charge on any atom is -0.508 e. The van der Waals surface area contributed by atoms with Gasteiger partial charge in [0.15, 0.2) is 5.78 Å². The quantitative estimate of drug-likeness (QED) is 0.260. The summed E-state index contributed by atoms with van der Waals surface area (Å²) < 4.78 is 0.812. The Hall–Kier alpha value is -3.90. The third kappa shape index (κ3) is 4.84. The Bertz CT molecular complexity index is 1410. The highest BCUT2D eigenvalue weighted by molar-refractivity contribution is 7.22. The van der Waals surface area contributed by atoms with Gasteiger partial charge in [-0.1, -0.05) is 24.3 Å². The first kappa shape index (κ1) is 22.9. The molecule has 0 bridgehead atoms. The lowest BCUT2D eigenvalue weighted by molar-refractivity contribution is -0.126. The second-order valence-electron chi connectivity index (χ2n) is 8.70. The van der Waals surface area contributed by atoms with Crippen LogP contribution in [-0.4, -0.2) is 39.9 Å². The van der Waals surface area contributed by atoms with E-state index < -0.39 is 0 Å². The molecule has 0 atom stereocenters. The third-order valence-corrected chi connectivity index (χ3v) is 7.49. The topological polar surface area (TPSA) is 77.8 Å². The molecule has 35 heavy (non-hydrogen) atoms. The number of aromatic hydroxyl groups is 2. The fourth-order valence-corrected chi connectivity index (χ4v) is 5.64. The number of fused-ring (bicyclic) bond motifs is 1. The molecule has 2 heterocycles. The SMILES string of the molecule is O=C(c1ccc(/C=C/C(=O)N2CCCCC2)cc1)c1c(-c2ccc(O)cc2)sc2cc(O)ccc12. The van der Waals surface area contributed by atoms with Crippen molar-refractivity contribution in [2.24, 2.45) is 0 Å². The van der Waals surface area contributed by atoms with Gasteiger partial charge in [-0.25, -0.2) is 0 Å². The number of ketones is 1. The van der Waals surface area contributed by atoms with Gasteiger partial charge < -0.3 is 15.1 Å². The third-order valence-electron chi connectivity index (χ3n) is 6.29. The van der Waals surface area contributed by atoms with Crippen LogP contribution in [0.25, 0.3) is 26.6 Å². The molecule has 1 aromatic heterocycles.